The summed E-state index contributed by atoms with van der Waals surface area (Å²) >= 11 is 0. The molecule has 0 fully saturated rings. The van der Waals surface area contributed by atoms with E-state index in [1.54, 1.807) is 14.4 Å². The zero-order chi connectivity index (χ0) is 13.9. The van der Waals surface area contributed by atoms with Crippen LogP contribution in [0.25, 0.3) is 0 Å². The molecule has 0 amide bonds. The molecule has 99 valence electrons. The molecule has 1 rings (SSSR count). The molecule has 0 aliphatic carbocycles. The molecule has 1 aromatic carbocycles. The summed E-state index contributed by atoms with van der Waals surface area (Å²) in [6, 6.07) is 5.86. The predicted molar refractivity (Wildman–Crippen MR) is 81.8 cm³/mol. The van der Waals surface area contributed by atoms with Crippen molar-refractivity contribution in [2.24, 2.45) is 5.92 Å². The lowest BCUT2D eigenvalue weighted by Crippen LogP contribution is -2.39. The average Bonchev–Trinajstić information content (AvgIpc) is 2.26. The van der Waals surface area contributed by atoms with Crippen molar-refractivity contribution >= 4 is 27.5 Å². The molecular weight excluding hydrogens is 242 g/mol. The van der Waals surface area contributed by atoms with Crippen LogP contribution in [0.15, 0.2) is 18.2 Å². The summed E-state index contributed by atoms with van der Waals surface area (Å²) in [7, 11) is 4.48. The molecule has 1 aromatic rings. The Balaban J connectivity index is 2.75. The van der Waals surface area contributed by atoms with Crippen LogP contribution in [0, 0.1) is 5.92 Å². The summed E-state index contributed by atoms with van der Waals surface area (Å²) in [5, 5.41) is 10.6. The maximum absolute atomic E-state index is 9.52. The Bertz CT molecular complexity index is 403. The lowest BCUT2D eigenvalue weighted by Gasteiger charge is -2.30. The zero-order valence-electron chi connectivity index (χ0n) is 11.9. The zero-order valence-corrected chi connectivity index (χ0v) is 13.1. The highest BCUT2D eigenvalue weighted by molar-refractivity contribution is 7.28. The van der Waals surface area contributed by atoms with Crippen molar-refractivity contribution in [1.29, 1.82) is 0 Å². The summed E-state index contributed by atoms with van der Waals surface area (Å²) in [6.45, 7) is 10.2. The van der Waals surface area contributed by atoms with Crippen molar-refractivity contribution < 1.29 is 9.76 Å². The minimum absolute atomic E-state index is 0.181. The van der Waals surface area contributed by atoms with Crippen molar-refractivity contribution in [2.45, 2.75) is 46.3 Å². The molecule has 1 radical (unpaired) electrons. The fourth-order valence-corrected chi connectivity index (χ4v) is 1.67. The smallest absolute Gasteiger partial charge is 0.331 e. The van der Waals surface area contributed by atoms with Crippen molar-refractivity contribution in [1.82, 2.24) is 0 Å². The molecule has 2 atom stereocenters. The summed E-state index contributed by atoms with van der Waals surface area (Å²) < 4.78 is 5.86. The second kappa shape index (κ2) is 6.19. The third-order valence-corrected chi connectivity index (χ3v) is 3.97. The molecule has 0 bridgehead atoms. The van der Waals surface area contributed by atoms with Gasteiger partial charge in [-0.25, -0.2) is 0 Å². The number of rotatable bonds is 5. The Hall–Kier alpha value is -0.365. The van der Waals surface area contributed by atoms with Gasteiger partial charge >= 0.3 is 7.48 Å². The van der Waals surface area contributed by atoms with Crippen LogP contribution in [-0.2, 0) is 4.65 Å². The Morgan fingerprint density at radius 1 is 1.28 bits per heavy atom. The van der Waals surface area contributed by atoms with Crippen LogP contribution in [0.5, 0.6) is 0 Å². The molecule has 2 nitrogen and oxygen atoms in total. The van der Waals surface area contributed by atoms with Crippen molar-refractivity contribution in [2.75, 3.05) is 0 Å². The minimum Gasteiger partial charge on any atom is -0.429 e. The van der Waals surface area contributed by atoms with E-state index in [1.165, 1.54) is 0 Å². The summed E-state index contributed by atoms with van der Waals surface area (Å²) in [4.78, 5) is 0. The molecule has 1 N–H and O–H groups in total. The van der Waals surface area contributed by atoms with E-state index in [9.17, 15) is 5.11 Å². The van der Waals surface area contributed by atoms with Gasteiger partial charge in [-0.05, 0) is 49.1 Å². The molecular formula is C14H23BO2P. The van der Waals surface area contributed by atoms with Gasteiger partial charge < -0.3 is 9.76 Å². The number of hydrogen-bond acceptors (Lipinski definition) is 2. The van der Waals surface area contributed by atoms with E-state index in [-0.39, 0.29) is 5.60 Å². The highest BCUT2D eigenvalue weighted by Gasteiger charge is 2.23. The van der Waals surface area contributed by atoms with Crippen LogP contribution in [0.3, 0.4) is 0 Å². The van der Waals surface area contributed by atoms with Crippen LogP contribution in [0.1, 0.15) is 46.3 Å². The molecule has 0 spiro atoms. The SMILES string of the molecule is CC(O)c1ccc([B]OC(C)(C)C(C)C)c(P)c1. The quantitative estimate of drug-likeness (QED) is 0.651. The summed E-state index contributed by atoms with van der Waals surface area (Å²) in [6.07, 6.45) is -0.439. The molecule has 0 aromatic heterocycles. The van der Waals surface area contributed by atoms with E-state index < -0.39 is 6.10 Å². The van der Waals surface area contributed by atoms with E-state index in [1.807, 2.05) is 18.2 Å². The van der Waals surface area contributed by atoms with Gasteiger partial charge in [0.1, 0.15) is 0 Å². The monoisotopic (exact) mass is 265 g/mol. The van der Waals surface area contributed by atoms with Crippen molar-refractivity contribution in [3.05, 3.63) is 23.8 Å². The second-order valence-corrected chi connectivity index (χ2v) is 6.18. The van der Waals surface area contributed by atoms with Gasteiger partial charge in [-0.2, -0.15) is 0 Å². The highest BCUT2D eigenvalue weighted by Crippen LogP contribution is 2.19. The first kappa shape index (κ1) is 15.7. The fraction of sp³-hybridized carbons (Fsp3) is 0.571. The van der Waals surface area contributed by atoms with E-state index >= 15 is 0 Å². The number of aliphatic hydroxyl groups excluding tert-OH is 1. The van der Waals surface area contributed by atoms with E-state index in [0.29, 0.717) is 5.92 Å². The Morgan fingerprint density at radius 2 is 1.89 bits per heavy atom. The predicted octanol–water partition coefficient (Wildman–Crippen LogP) is 1.94. The Kier molecular flexibility index (Phi) is 5.39. The van der Waals surface area contributed by atoms with Crippen LogP contribution >= 0.6 is 9.24 Å². The lowest BCUT2D eigenvalue weighted by atomic mass is 9.83. The normalized spacial score (nSPS) is 13.8. The summed E-state index contributed by atoms with van der Waals surface area (Å²) in [5.74, 6) is 0.443. The molecule has 2 unspecified atom stereocenters. The number of hydrogen-bond donors (Lipinski definition) is 1. The molecule has 0 aliphatic heterocycles. The van der Waals surface area contributed by atoms with Crippen molar-refractivity contribution in [3.63, 3.8) is 0 Å². The second-order valence-electron chi connectivity index (χ2n) is 5.56. The third-order valence-electron chi connectivity index (χ3n) is 3.47. The maximum Gasteiger partial charge on any atom is 0.331 e. The summed E-state index contributed by atoms with van der Waals surface area (Å²) in [5.41, 5.74) is 1.76. The standard InChI is InChI=1S/C14H23BO2P/c1-9(2)14(4,5)17-15-12-7-6-11(10(3)16)8-13(12)18/h6-10,16H,18H2,1-5H3. The van der Waals surface area contributed by atoms with Crippen LogP contribution in [-0.4, -0.2) is 18.2 Å². The van der Waals surface area contributed by atoms with Gasteiger partial charge in [-0.1, -0.05) is 26.0 Å². The molecule has 0 aliphatic rings. The first-order chi connectivity index (χ1) is 8.24. The largest absolute Gasteiger partial charge is 0.429 e. The van der Waals surface area contributed by atoms with Gasteiger partial charge in [-0.15, -0.1) is 9.24 Å². The molecule has 0 heterocycles. The molecule has 0 saturated carbocycles. The molecule has 0 saturated heterocycles. The van der Waals surface area contributed by atoms with Gasteiger partial charge in [-0.3, -0.25) is 0 Å². The van der Waals surface area contributed by atoms with Gasteiger partial charge in [0.25, 0.3) is 0 Å². The molecule has 18 heavy (non-hydrogen) atoms. The van der Waals surface area contributed by atoms with E-state index in [0.717, 1.165) is 16.3 Å². The van der Waals surface area contributed by atoms with Crippen LogP contribution in [0.4, 0.5) is 0 Å². The van der Waals surface area contributed by atoms with E-state index in [4.69, 9.17) is 4.65 Å². The maximum atomic E-state index is 9.52. The minimum atomic E-state index is -0.439. The fourth-order valence-electron chi connectivity index (χ4n) is 1.31. The lowest BCUT2D eigenvalue weighted by molar-refractivity contribution is 0.0668. The van der Waals surface area contributed by atoms with Crippen LogP contribution in [0.2, 0.25) is 0 Å². The third kappa shape index (κ3) is 4.08. The topological polar surface area (TPSA) is 29.5 Å². The number of aliphatic hydroxyl groups is 1. The van der Waals surface area contributed by atoms with Crippen molar-refractivity contribution in [3.8, 4) is 0 Å². The highest BCUT2D eigenvalue weighted by atomic mass is 31.0. The Morgan fingerprint density at radius 3 is 2.33 bits per heavy atom. The van der Waals surface area contributed by atoms with Gasteiger partial charge in [0.2, 0.25) is 0 Å². The first-order valence-electron chi connectivity index (χ1n) is 6.32. The first-order valence-corrected chi connectivity index (χ1v) is 6.90. The Labute approximate surface area is 114 Å². The average molecular weight is 265 g/mol. The van der Waals surface area contributed by atoms with E-state index in [2.05, 4.69) is 36.9 Å². The van der Waals surface area contributed by atoms with Crippen LogP contribution < -0.4 is 10.8 Å². The molecule has 4 heteroatoms. The van der Waals surface area contributed by atoms with Gasteiger partial charge in [0, 0.05) is 5.60 Å². The van der Waals surface area contributed by atoms with Gasteiger partial charge in [0.15, 0.2) is 0 Å². The van der Waals surface area contributed by atoms with Gasteiger partial charge in [0.05, 0.1) is 6.10 Å². The number of benzene rings is 1.